The summed E-state index contributed by atoms with van der Waals surface area (Å²) in [6.07, 6.45) is 1.79. The van der Waals surface area contributed by atoms with Gasteiger partial charge in [-0.15, -0.1) is 4.40 Å². The Morgan fingerprint density at radius 2 is 1.73 bits per heavy atom. The fourth-order valence-electron chi connectivity index (χ4n) is 3.72. The van der Waals surface area contributed by atoms with Gasteiger partial charge in [0.1, 0.15) is 17.0 Å². The van der Waals surface area contributed by atoms with E-state index in [4.69, 9.17) is 14.2 Å². The first-order chi connectivity index (χ1) is 16.1. The van der Waals surface area contributed by atoms with Crippen molar-refractivity contribution in [1.29, 1.82) is 0 Å². The van der Waals surface area contributed by atoms with Crippen molar-refractivity contribution < 1.29 is 23.6 Å². The maximum absolute atomic E-state index is 14.0. The second-order valence-corrected chi connectivity index (χ2v) is 8.36. The molecule has 0 unspecified atom stereocenters. The second kappa shape index (κ2) is 8.55. The fourth-order valence-corrected chi connectivity index (χ4v) is 4.73. The van der Waals surface area contributed by atoms with Gasteiger partial charge in [-0.25, -0.2) is 14.2 Å². The number of fused-ring (bicyclic) bond motifs is 3. The summed E-state index contributed by atoms with van der Waals surface area (Å²) in [5.41, 5.74) is 2.77. The number of ether oxygens (including phenoxy) is 3. The van der Waals surface area contributed by atoms with E-state index in [1.807, 2.05) is 24.3 Å². The van der Waals surface area contributed by atoms with Crippen molar-refractivity contribution in [3.05, 3.63) is 92.5 Å². The Bertz CT molecular complexity index is 1570. The van der Waals surface area contributed by atoms with Crippen LogP contribution >= 0.6 is 11.3 Å². The summed E-state index contributed by atoms with van der Waals surface area (Å²) < 4.78 is 33.1. The molecule has 0 saturated carbocycles. The highest BCUT2D eigenvalue weighted by molar-refractivity contribution is 7.14. The lowest BCUT2D eigenvalue weighted by Gasteiger charge is -2.15. The molecule has 6 nitrogen and oxygen atoms in total. The van der Waals surface area contributed by atoms with Crippen LogP contribution in [0.15, 0.2) is 65.5 Å². The van der Waals surface area contributed by atoms with Gasteiger partial charge in [0.25, 0.3) is 0 Å². The monoisotopic (exact) mass is 463 g/mol. The van der Waals surface area contributed by atoms with E-state index in [0.29, 0.717) is 32.9 Å². The summed E-state index contributed by atoms with van der Waals surface area (Å²) in [4.78, 5) is 17.1. The number of hydrogen-bond acceptors (Lipinski definition) is 5. The van der Waals surface area contributed by atoms with Gasteiger partial charge >= 0.3 is 10.5 Å². The molecule has 0 aliphatic heterocycles. The number of methoxy groups -OCH3 is 2. The first-order valence-corrected chi connectivity index (χ1v) is 11.0. The maximum Gasteiger partial charge on any atom is 0.357 e. The highest BCUT2D eigenvalue weighted by atomic mass is 32.1. The molecule has 0 bridgehead atoms. The number of benzene rings is 3. The van der Waals surface area contributed by atoms with Crippen molar-refractivity contribution in [2.45, 2.75) is 6.61 Å². The number of imidazole rings is 1. The minimum atomic E-state index is -0.346. The van der Waals surface area contributed by atoms with E-state index in [0.717, 1.165) is 16.0 Å². The average Bonchev–Trinajstić information content (AvgIpc) is 3.34. The molecule has 2 heterocycles. The Kier molecular flexibility index (Phi) is 5.43. The lowest BCUT2D eigenvalue weighted by molar-refractivity contribution is -0.308. The number of halogens is 1. The molecule has 3 aromatic carbocycles. The number of nitrogens with zero attached hydrogens (tertiary/aromatic N) is 1. The Morgan fingerprint density at radius 3 is 2.45 bits per heavy atom. The van der Waals surface area contributed by atoms with Crippen molar-refractivity contribution in [2.75, 3.05) is 14.2 Å². The molecule has 166 valence electrons. The summed E-state index contributed by atoms with van der Waals surface area (Å²) >= 11 is 1.37. The number of aromatic amines is 1. The number of thiazole rings is 1. The van der Waals surface area contributed by atoms with Crippen molar-refractivity contribution in [3.8, 4) is 17.2 Å². The van der Waals surface area contributed by atoms with Gasteiger partial charge in [0.05, 0.1) is 14.2 Å². The van der Waals surface area contributed by atoms with Crippen molar-refractivity contribution >= 4 is 33.4 Å². The van der Waals surface area contributed by atoms with Crippen LogP contribution in [0.25, 0.3) is 22.1 Å². The number of aromatic nitrogens is 2. The van der Waals surface area contributed by atoms with E-state index in [1.165, 1.54) is 31.6 Å². The van der Waals surface area contributed by atoms with E-state index >= 15 is 0 Å². The van der Waals surface area contributed by atoms with Gasteiger partial charge in [-0.1, -0.05) is 30.3 Å². The highest BCUT2D eigenvalue weighted by Gasteiger charge is 2.19. The fraction of sp³-hybridized carbons (Fsp3) is 0.120. The normalized spacial score (nSPS) is 11.9. The van der Waals surface area contributed by atoms with Crippen molar-refractivity contribution in [2.24, 2.45) is 0 Å². The molecule has 0 aliphatic carbocycles. The summed E-state index contributed by atoms with van der Waals surface area (Å²) in [5, 5.41) is 0. The number of rotatable bonds is 6. The highest BCUT2D eigenvalue weighted by Crippen LogP contribution is 2.39. The average molecular weight is 464 g/mol. The summed E-state index contributed by atoms with van der Waals surface area (Å²) in [5.74, 6) is 0.859. The molecular weight excluding hydrogens is 443 g/mol. The second-order valence-electron chi connectivity index (χ2n) is 7.33. The Labute approximate surface area is 192 Å². The molecule has 0 radical (unpaired) electrons. The van der Waals surface area contributed by atoms with Crippen LogP contribution in [-0.4, -0.2) is 18.6 Å². The van der Waals surface area contributed by atoms with Gasteiger partial charge in [0.15, 0.2) is 22.5 Å². The third-order valence-electron chi connectivity index (χ3n) is 5.32. The van der Waals surface area contributed by atoms with Crippen molar-refractivity contribution in [1.82, 2.24) is 4.40 Å². The summed E-state index contributed by atoms with van der Waals surface area (Å²) in [6.45, 7) is 0.0204. The van der Waals surface area contributed by atoms with Gasteiger partial charge in [0.2, 0.25) is 5.75 Å². The van der Waals surface area contributed by atoms with Gasteiger partial charge < -0.3 is 14.2 Å². The van der Waals surface area contributed by atoms with E-state index < -0.39 is 0 Å². The van der Waals surface area contributed by atoms with Crippen LogP contribution in [0.3, 0.4) is 0 Å². The zero-order valence-electron chi connectivity index (χ0n) is 17.9. The van der Waals surface area contributed by atoms with Crippen LogP contribution < -0.4 is 29.3 Å². The first-order valence-electron chi connectivity index (χ1n) is 10.2. The van der Waals surface area contributed by atoms with E-state index in [9.17, 15) is 9.18 Å². The van der Waals surface area contributed by atoms with E-state index in [1.54, 1.807) is 40.8 Å². The Balaban J connectivity index is 1.55. The van der Waals surface area contributed by atoms with Gasteiger partial charge in [-0.2, -0.15) is 0 Å². The smallest absolute Gasteiger partial charge is 0.357 e. The largest absolute Gasteiger partial charge is 0.493 e. The topological polar surface area (TPSA) is 63.3 Å². The van der Waals surface area contributed by atoms with Crippen molar-refractivity contribution in [3.63, 3.8) is 0 Å². The molecule has 33 heavy (non-hydrogen) atoms. The van der Waals surface area contributed by atoms with Crippen LogP contribution in [0, 0.1) is 5.82 Å². The van der Waals surface area contributed by atoms with Crippen LogP contribution in [0.1, 0.15) is 11.1 Å². The number of hydrogen-bond donors (Lipinski definition) is 0. The molecule has 0 atom stereocenters. The van der Waals surface area contributed by atoms with Crippen LogP contribution in [0.4, 0.5) is 4.39 Å². The molecule has 2 aromatic heterocycles. The number of nitrogens with one attached hydrogen (secondary N) is 1. The first kappa shape index (κ1) is 21.0. The molecule has 0 aliphatic rings. The molecule has 8 heteroatoms. The third kappa shape index (κ3) is 3.78. The minimum absolute atomic E-state index is 0.0204. The molecule has 5 rings (SSSR count). The molecule has 0 fully saturated rings. The molecule has 1 N–H and O–H groups in total. The maximum atomic E-state index is 14.0. The summed E-state index contributed by atoms with van der Waals surface area (Å²) in [6, 6.07) is 17.6. The van der Waals surface area contributed by atoms with E-state index in [2.05, 4.69) is 4.98 Å². The Morgan fingerprint density at radius 1 is 1.03 bits per heavy atom. The number of para-hydroxylation sites is 2. The zero-order valence-corrected chi connectivity index (χ0v) is 18.7. The molecule has 0 amide bonds. The van der Waals surface area contributed by atoms with Gasteiger partial charge in [-0.05, 0) is 53.3 Å². The molecule has 5 aromatic rings. The Hall–Kier alpha value is -3.91. The quantitative estimate of drug-likeness (QED) is 0.386. The lowest BCUT2D eigenvalue weighted by Crippen LogP contribution is -2.22. The standard InChI is InChI=1S/C25H19FN2O4S/c1-30-20-11-15(12-21(31-2)23(20)32-14-16-7-3-4-8-17(16)26)13-22-24(29)28-19-10-6-5-9-18(19)27-25(28)33-22/h3-13H,14H2,1-2H3/p+1. The van der Waals surface area contributed by atoms with Crippen LogP contribution in [0.2, 0.25) is 0 Å². The number of H-pyrrole nitrogens is 1. The SMILES string of the molecule is COc1cc(C=c2sc3[nH+]c4ccccc4n3c2=O)cc(OC)c1OCc1ccccc1F. The molecule has 0 saturated heterocycles. The predicted molar refractivity (Wildman–Crippen MR) is 125 cm³/mol. The van der Waals surface area contributed by atoms with Gasteiger partial charge in [0, 0.05) is 5.56 Å². The van der Waals surface area contributed by atoms with E-state index in [-0.39, 0.29) is 18.0 Å². The van der Waals surface area contributed by atoms with Gasteiger partial charge in [-0.3, -0.25) is 0 Å². The van der Waals surface area contributed by atoms with Crippen LogP contribution in [-0.2, 0) is 6.61 Å². The van der Waals surface area contributed by atoms with Crippen LogP contribution in [0.5, 0.6) is 17.2 Å². The molecular formula is C25H20FN2O4S+. The lowest BCUT2D eigenvalue weighted by atomic mass is 10.1. The third-order valence-corrected chi connectivity index (χ3v) is 6.31. The minimum Gasteiger partial charge on any atom is -0.493 e. The molecule has 0 spiro atoms. The predicted octanol–water partition coefficient (Wildman–Crippen LogP) is 3.61. The zero-order chi connectivity index (χ0) is 22.9. The summed E-state index contributed by atoms with van der Waals surface area (Å²) in [7, 11) is 3.04.